The summed E-state index contributed by atoms with van der Waals surface area (Å²) in [7, 11) is 0. The van der Waals surface area contributed by atoms with Gasteiger partial charge in [0.05, 0.1) is 16.1 Å². The molecular weight excluding hydrogens is 226 g/mol. The molecule has 2 heteroatoms. The standard InChI is InChI=1S/C15H19NS/c1-10(2)11(3)13-5-7-14(8-6-13)15-12(4)16-9-17-15/h5-11H,1-4H3. The lowest BCUT2D eigenvalue weighted by atomic mass is 9.90. The third-order valence-corrected chi connectivity index (χ3v) is 4.42. The summed E-state index contributed by atoms with van der Waals surface area (Å²) in [5.74, 6) is 1.30. The Hall–Kier alpha value is -1.15. The van der Waals surface area contributed by atoms with Gasteiger partial charge >= 0.3 is 0 Å². The van der Waals surface area contributed by atoms with E-state index in [-0.39, 0.29) is 0 Å². The Balaban J connectivity index is 2.28. The number of hydrogen-bond acceptors (Lipinski definition) is 2. The smallest absolute Gasteiger partial charge is 0.0801 e. The highest BCUT2D eigenvalue weighted by atomic mass is 32.1. The fourth-order valence-electron chi connectivity index (χ4n) is 1.90. The number of rotatable bonds is 3. The molecule has 90 valence electrons. The predicted octanol–water partition coefficient (Wildman–Crippen LogP) is 4.88. The SMILES string of the molecule is Cc1ncsc1-c1ccc(C(C)C(C)C)cc1. The van der Waals surface area contributed by atoms with Crippen molar-refractivity contribution in [2.24, 2.45) is 5.92 Å². The molecule has 1 unspecified atom stereocenters. The van der Waals surface area contributed by atoms with Crippen LogP contribution >= 0.6 is 11.3 Å². The molecule has 0 fully saturated rings. The van der Waals surface area contributed by atoms with E-state index in [2.05, 4.69) is 56.9 Å². The second kappa shape index (κ2) is 5.01. The number of aromatic nitrogens is 1. The molecular formula is C15H19NS. The van der Waals surface area contributed by atoms with Crippen LogP contribution in [0.4, 0.5) is 0 Å². The Morgan fingerprint density at radius 1 is 1.06 bits per heavy atom. The average molecular weight is 245 g/mol. The number of thiazole rings is 1. The minimum absolute atomic E-state index is 0.617. The van der Waals surface area contributed by atoms with Gasteiger partial charge in [-0.05, 0) is 29.9 Å². The van der Waals surface area contributed by atoms with Crippen molar-refractivity contribution in [2.45, 2.75) is 33.6 Å². The molecule has 1 aromatic carbocycles. The molecule has 1 heterocycles. The second-order valence-corrected chi connectivity index (χ2v) is 5.78. The zero-order valence-electron chi connectivity index (χ0n) is 10.9. The summed E-state index contributed by atoms with van der Waals surface area (Å²) in [5, 5.41) is 0. The molecule has 0 aliphatic carbocycles. The molecule has 0 bridgehead atoms. The summed E-state index contributed by atoms with van der Waals surface area (Å²) in [5.41, 5.74) is 5.74. The molecule has 1 nitrogen and oxygen atoms in total. The molecule has 0 spiro atoms. The van der Waals surface area contributed by atoms with Crippen molar-refractivity contribution in [3.05, 3.63) is 41.0 Å². The summed E-state index contributed by atoms with van der Waals surface area (Å²) < 4.78 is 0. The first-order valence-corrected chi connectivity index (χ1v) is 6.98. The third kappa shape index (κ3) is 2.58. The van der Waals surface area contributed by atoms with Gasteiger partial charge in [-0.1, -0.05) is 45.0 Å². The molecule has 1 aromatic heterocycles. The van der Waals surface area contributed by atoms with Gasteiger partial charge < -0.3 is 0 Å². The minimum Gasteiger partial charge on any atom is -0.249 e. The molecule has 0 radical (unpaired) electrons. The van der Waals surface area contributed by atoms with Gasteiger partial charge in [0.25, 0.3) is 0 Å². The zero-order valence-corrected chi connectivity index (χ0v) is 11.7. The summed E-state index contributed by atoms with van der Waals surface area (Å²) in [6.07, 6.45) is 0. The van der Waals surface area contributed by atoms with E-state index in [0.29, 0.717) is 11.8 Å². The van der Waals surface area contributed by atoms with Crippen molar-refractivity contribution in [2.75, 3.05) is 0 Å². The highest BCUT2D eigenvalue weighted by molar-refractivity contribution is 7.13. The van der Waals surface area contributed by atoms with E-state index >= 15 is 0 Å². The monoisotopic (exact) mass is 245 g/mol. The summed E-state index contributed by atoms with van der Waals surface area (Å²) in [6.45, 7) is 8.89. The van der Waals surface area contributed by atoms with Crippen LogP contribution in [0.1, 0.15) is 37.9 Å². The Morgan fingerprint density at radius 3 is 2.18 bits per heavy atom. The van der Waals surface area contributed by atoms with E-state index in [4.69, 9.17) is 0 Å². The largest absolute Gasteiger partial charge is 0.249 e. The maximum absolute atomic E-state index is 4.30. The van der Waals surface area contributed by atoms with Crippen LogP contribution < -0.4 is 0 Å². The van der Waals surface area contributed by atoms with Crippen molar-refractivity contribution in [1.82, 2.24) is 4.98 Å². The number of hydrogen-bond donors (Lipinski definition) is 0. The summed E-state index contributed by atoms with van der Waals surface area (Å²) >= 11 is 1.71. The molecule has 17 heavy (non-hydrogen) atoms. The Labute approximate surface area is 108 Å². The van der Waals surface area contributed by atoms with Crippen LogP contribution in [0.3, 0.4) is 0 Å². The van der Waals surface area contributed by atoms with Gasteiger partial charge in [0.2, 0.25) is 0 Å². The maximum atomic E-state index is 4.30. The predicted molar refractivity (Wildman–Crippen MR) is 75.5 cm³/mol. The lowest BCUT2D eigenvalue weighted by Crippen LogP contribution is -2.01. The van der Waals surface area contributed by atoms with Gasteiger partial charge in [0, 0.05) is 0 Å². The van der Waals surface area contributed by atoms with Crippen LogP contribution in [0.5, 0.6) is 0 Å². The molecule has 0 N–H and O–H groups in total. The van der Waals surface area contributed by atoms with Crippen LogP contribution in [0.25, 0.3) is 10.4 Å². The average Bonchev–Trinajstić information content (AvgIpc) is 2.74. The lowest BCUT2D eigenvalue weighted by Gasteiger charge is -2.16. The molecule has 2 aromatic rings. The lowest BCUT2D eigenvalue weighted by molar-refractivity contribution is 0.535. The summed E-state index contributed by atoms with van der Waals surface area (Å²) in [6, 6.07) is 8.93. The van der Waals surface area contributed by atoms with Crippen LogP contribution in [0, 0.1) is 12.8 Å². The molecule has 1 atom stereocenters. The first-order chi connectivity index (χ1) is 8.09. The van der Waals surface area contributed by atoms with Crippen LogP contribution in [-0.4, -0.2) is 4.98 Å². The van der Waals surface area contributed by atoms with E-state index in [1.807, 2.05) is 5.51 Å². The van der Waals surface area contributed by atoms with Crippen LogP contribution in [0.15, 0.2) is 29.8 Å². The second-order valence-electron chi connectivity index (χ2n) is 4.92. The number of benzene rings is 1. The molecule has 0 aliphatic heterocycles. The third-order valence-electron chi connectivity index (χ3n) is 3.44. The van der Waals surface area contributed by atoms with Crippen molar-refractivity contribution < 1.29 is 0 Å². The highest BCUT2D eigenvalue weighted by Gasteiger charge is 2.10. The van der Waals surface area contributed by atoms with Gasteiger partial charge in [-0.2, -0.15) is 0 Å². The fourth-order valence-corrected chi connectivity index (χ4v) is 2.71. The van der Waals surface area contributed by atoms with Crippen molar-refractivity contribution in [3.8, 4) is 10.4 Å². The van der Waals surface area contributed by atoms with E-state index in [0.717, 1.165) is 5.69 Å². The van der Waals surface area contributed by atoms with E-state index in [1.54, 1.807) is 11.3 Å². The molecule has 2 rings (SSSR count). The minimum atomic E-state index is 0.617. The van der Waals surface area contributed by atoms with E-state index in [1.165, 1.54) is 16.0 Å². The van der Waals surface area contributed by atoms with Crippen molar-refractivity contribution >= 4 is 11.3 Å². The normalized spacial score (nSPS) is 13.0. The topological polar surface area (TPSA) is 12.9 Å². The summed E-state index contributed by atoms with van der Waals surface area (Å²) in [4.78, 5) is 5.58. The van der Waals surface area contributed by atoms with E-state index in [9.17, 15) is 0 Å². The highest BCUT2D eigenvalue weighted by Crippen LogP contribution is 2.30. The van der Waals surface area contributed by atoms with Crippen molar-refractivity contribution in [1.29, 1.82) is 0 Å². The Kier molecular flexibility index (Phi) is 3.63. The van der Waals surface area contributed by atoms with Crippen molar-refractivity contribution in [3.63, 3.8) is 0 Å². The van der Waals surface area contributed by atoms with Crippen LogP contribution in [0.2, 0.25) is 0 Å². The van der Waals surface area contributed by atoms with Gasteiger partial charge in [-0.3, -0.25) is 0 Å². The first kappa shape index (κ1) is 12.3. The quantitative estimate of drug-likeness (QED) is 0.751. The van der Waals surface area contributed by atoms with Gasteiger partial charge in [0.1, 0.15) is 0 Å². The Bertz CT molecular complexity index is 482. The van der Waals surface area contributed by atoms with Gasteiger partial charge in [-0.25, -0.2) is 4.98 Å². The molecule has 0 saturated carbocycles. The van der Waals surface area contributed by atoms with Gasteiger partial charge in [-0.15, -0.1) is 11.3 Å². The molecule has 0 saturated heterocycles. The number of aryl methyl sites for hydroxylation is 1. The zero-order chi connectivity index (χ0) is 12.4. The molecule has 0 aliphatic rings. The first-order valence-electron chi connectivity index (χ1n) is 6.10. The Morgan fingerprint density at radius 2 is 1.71 bits per heavy atom. The van der Waals surface area contributed by atoms with Crippen LogP contribution in [-0.2, 0) is 0 Å². The maximum Gasteiger partial charge on any atom is 0.0801 e. The van der Waals surface area contributed by atoms with E-state index < -0.39 is 0 Å². The number of nitrogens with zero attached hydrogens (tertiary/aromatic N) is 1. The fraction of sp³-hybridized carbons (Fsp3) is 0.400. The molecule has 0 amide bonds. The van der Waals surface area contributed by atoms with Gasteiger partial charge in [0.15, 0.2) is 0 Å².